The van der Waals surface area contributed by atoms with E-state index in [0.717, 1.165) is 6.92 Å². The molecule has 0 aliphatic carbocycles. The lowest BCUT2D eigenvalue weighted by Crippen LogP contribution is -3.18. The summed E-state index contributed by atoms with van der Waals surface area (Å²) in [6.45, 7) is 4.59. The van der Waals surface area contributed by atoms with Gasteiger partial charge in [0.25, 0.3) is 0 Å². The minimum absolute atomic E-state index is 0.222. The second-order valence-corrected chi connectivity index (χ2v) is 2.54. The first-order valence-electron chi connectivity index (χ1n) is 3.77. The Kier molecular flexibility index (Phi) is 7.36. The number of carboxylic acids is 1. The molecule has 3 amide bonds. The van der Waals surface area contributed by atoms with Gasteiger partial charge in [0.05, 0.1) is 20.8 Å². The number of amides is 3. The van der Waals surface area contributed by atoms with Gasteiger partial charge in [-0.25, -0.2) is 14.4 Å². The highest BCUT2D eigenvalue weighted by Crippen LogP contribution is 1.57. The molecule has 0 rings (SSSR count). The second kappa shape index (κ2) is 6.90. The SMILES string of the molecule is CC(=O)[NH+](C(C)=O)C(C)=O.CC(=O)[O-]. The van der Waals surface area contributed by atoms with E-state index in [0.29, 0.717) is 0 Å². The molecule has 0 radical (unpaired) electrons. The predicted molar refractivity (Wildman–Crippen MR) is 43.7 cm³/mol. The molecule has 1 N–H and O–H groups in total. The second-order valence-electron chi connectivity index (χ2n) is 2.54. The largest absolute Gasteiger partial charge is 0.550 e. The Hall–Kier alpha value is -1.56. The third-order valence-corrected chi connectivity index (χ3v) is 1.06. The Morgan fingerprint density at radius 3 is 0.929 bits per heavy atom. The van der Waals surface area contributed by atoms with E-state index in [1.165, 1.54) is 20.8 Å². The van der Waals surface area contributed by atoms with E-state index in [4.69, 9.17) is 9.90 Å². The summed E-state index contributed by atoms with van der Waals surface area (Å²) in [4.78, 5) is 40.3. The van der Waals surface area contributed by atoms with Gasteiger partial charge in [0.1, 0.15) is 0 Å². The fraction of sp³-hybridized carbons (Fsp3) is 0.500. The lowest BCUT2D eigenvalue weighted by atomic mass is 10.4. The summed E-state index contributed by atoms with van der Waals surface area (Å²) in [5.41, 5.74) is 0. The van der Waals surface area contributed by atoms with E-state index in [-0.39, 0.29) is 4.90 Å². The van der Waals surface area contributed by atoms with Crippen LogP contribution in [0.3, 0.4) is 0 Å². The molecule has 0 fully saturated rings. The molecule has 0 saturated heterocycles. The minimum Gasteiger partial charge on any atom is -0.550 e. The number of carbonyl (C=O) groups is 4. The molecule has 6 nitrogen and oxygen atoms in total. The van der Waals surface area contributed by atoms with Gasteiger partial charge in [0.2, 0.25) is 0 Å². The van der Waals surface area contributed by atoms with Crippen LogP contribution in [0.1, 0.15) is 27.7 Å². The highest BCUT2D eigenvalue weighted by molar-refractivity contribution is 5.90. The number of nitrogens with one attached hydrogen (secondary N) is 1. The van der Waals surface area contributed by atoms with Crippen LogP contribution in [0.5, 0.6) is 0 Å². The first kappa shape index (κ1) is 14.9. The molecule has 0 saturated carbocycles. The van der Waals surface area contributed by atoms with E-state index in [2.05, 4.69) is 0 Å². The van der Waals surface area contributed by atoms with Crippen LogP contribution in [-0.4, -0.2) is 23.7 Å². The van der Waals surface area contributed by atoms with E-state index in [9.17, 15) is 14.4 Å². The molecule has 0 aliphatic heterocycles. The van der Waals surface area contributed by atoms with Gasteiger partial charge in [0.15, 0.2) is 0 Å². The van der Waals surface area contributed by atoms with E-state index < -0.39 is 23.7 Å². The van der Waals surface area contributed by atoms with Crippen LogP contribution in [0.25, 0.3) is 0 Å². The van der Waals surface area contributed by atoms with Crippen molar-refractivity contribution in [2.75, 3.05) is 0 Å². The third-order valence-electron chi connectivity index (χ3n) is 1.06. The molecule has 6 heteroatoms. The molecule has 80 valence electrons. The maximum Gasteiger partial charge on any atom is 0.323 e. The van der Waals surface area contributed by atoms with Crippen molar-refractivity contribution in [2.45, 2.75) is 27.7 Å². The van der Waals surface area contributed by atoms with Gasteiger partial charge in [0, 0.05) is 5.97 Å². The Morgan fingerprint density at radius 1 is 0.786 bits per heavy atom. The summed E-state index contributed by atoms with van der Waals surface area (Å²) < 4.78 is 0. The van der Waals surface area contributed by atoms with Gasteiger partial charge in [-0.1, -0.05) is 0 Å². The van der Waals surface area contributed by atoms with Crippen molar-refractivity contribution in [1.29, 1.82) is 0 Å². The number of imide groups is 3. The van der Waals surface area contributed by atoms with E-state index >= 15 is 0 Å². The van der Waals surface area contributed by atoms with Gasteiger partial charge < -0.3 is 9.90 Å². The topological polar surface area (TPSA) is 95.8 Å². The molecule has 0 aromatic heterocycles. The number of carboxylic acid groups (broad SMARTS) is 1. The molecule has 0 aliphatic rings. The molecule has 0 spiro atoms. The highest BCUT2D eigenvalue weighted by atomic mass is 16.4. The van der Waals surface area contributed by atoms with Crippen molar-refractivity contribution in [1.82, 2.24) is 0 Å². The zero-order valence-corrected chi connectivity index (χ0v) is 8.54. The van der Waals surface area contributed by atoms with Crippen molar-refractivity contribution in [3.05, 3.63) is 0 Å². The molecular weight excluding hydrogens is 190 g/mol. The van der Waals surface area contributed by atoms with E-state index in [1.54, 1.807) is 0 Å². The molecule has 0 unspecified atom stereocenters. The number of hydrogen-bond donors (Lipinski definition) is 1. The molecular formula is C8H13NO5. The van der Waals surface area contributed by atoms with Crippen molar-refractivity contribution >= 4 is 23.7 Å². The van der Waals surface area contributed by atoms with Gasteiger partial charge in [-0.05, 0) is 6.92 Å². The number of aliphatic carboxylic acids is 1. The standard InChI is InChI=1S/C6H9NO3.C2H4O2/c1-4(8)7(5(2)9)6(3)10;1-2(3)4/h1-3H3;1H3,(H,3,4). The number of rotatable bonds is 0. The van der Waals surface area contributed by atoms with Gasteiger partial charge in [-0.2, -0.15) is 0 Å². The smallest absolute Gasteiger partial charge is 0.323 e. The lowest BCUT2D eigenvalue weighted by molar-refractivity contribution is -0.653. The Labute approximate surface area is 81.5 Å². The third kappa shape index (κ3) is 8.54. The predicted octanol–water partition coefficient (Wildman–Crippen LogP) is -2.73. The number of carbonyl (C=O) groups excluding carboxylic acids is 4. The molecule has 14 heavy (non-hydrogen) atoms. The van der Waals surface area contributed by atoms with Crippen LogP contribution in [-0.2, 0) is 19.2 Å². The average Bonchev–Trinajstić information content (AvgIpc) is 1.80. The Balaban J connectivity index is 0. The van der Waals surface area contributed by atoms with E-state index in [1.807, 2.05) is 0 Å². The van der Waals surface area contributed by atoms with Crippen LogP contribution >= 0.6 is 0 Å². The normalized spacial score (nSPS) is 8.64. The van der Waals surface area contributed by atoms with Crippen LogP contribution in [0.4, 0.5) is 0 Å². The van der Waals surface area contributed by atoms with Crippen molar-refractivity contribution in [3.8, 4) is 0 Å². The summed E-state index contributed by atoms with van der Waals surface area (Å²) in [5, 5.41) is 8.89. The quantitative estimate of drug-likeness (QED) is 0.461. The fourth-order valence-electron chi connectivity index (χ4n) is 0.744. The van der Waals surface area contributed by atoms with Gasteiger partial charge >= 0.3 is 17.7 Å². The monoisotopic (exact) mass is 203 g/mol. The van der Waals surface area contributed by atoms with Crippen molar-refractivity contribution < 1.29 is 29.2 Å². The lowest BCUT2D eigenvalue weighted by Gasteiger charge is -2.03. The molecule has 0 atom stereocenters. The average molecular weight is 203 g/mol. The maximum atomic E-state index is 10.5. The number of quaternary nitrogens is 1. The highest BCUT2D eigenvalue weighted by Gasteiger charge is 2.24. The summed E-state index contributed by atoms with van der Waals surface area (Å²) in [7, 11) is 0. The summed E-state index contributed by atoms with van der Waals surface area (Å²) in [6, 6.07) is 0. The minimum atomic E-state index is -1.08. The van der Waals surface area contributed by atoms with Crippen molar-refractivity contribution in [3.63, 3.8) is 0 Å². The summed E-state index contributed by atoms with van der Waals surface area (Å²) in [6.07, 6.45) is 0. The number of hydrogen-bond acceptors (Lipinski definition) is 5. The van der Waals surface area contributed by atoms with Crippen LogP contribution < -0.4 is 10.0 Å². The van der Waals surface area contributed by atoms with Crippen LogP contribution in [0, 0.1) is 0 Å². The molecule has 0 heterocycles. The van der Waals surface area contributed by atoms with Crippen molar-refractivity contribution in [2.24, 2.45) is 0 Å². The van der Waals surface area contributed by atoms with Gasteiger partial charge in [-0.3, -0.25) is 0 Å². The molecule has 0 aromatic carbocycles. The summed E-state index contributed by atoms with van der Waals surface area (Å²) >= 11 is 0. The zero-order chi connectivity index (χ0) is 11.9. The first-order chi connectivity index (χ1) is 6.20. The Bertz CT molecular complexity index is 221. The van der Waals surface area contributed by atoms with Gasteiger partial charge in [-0.15, -0.1) is 4.90 Å². The summed E-state index contributed by atoms with van der Waals surface area (Å²) in [5.74, 6) is -2.46. The van der Waals surface area contributed by atoms with Crippen LogP contribution in [0.15, 0.2) is 0 Å². The Morgan fingerprint density at radius 2 is 0.929 bits per heavy atom. The fourth-order valence-corrected chi connectivity index (χ4v) is 0.744. The maximum absolute atomic E-state index is 10.5. The molecule has 0 aromatic rings. The van der Waals surface area contributed by atoms with Crippen LogP contribution in [0.2, 0.25) is 0 Å². The molecule has 0 bridgehead atoms. The zero-order valence-electron chi connectivity index (χ0n) is 8.54. The first-order valence-corrected chi connectivity index (χ1v) is 3.77.